The Morgan fingerprint density at radius 3 is 3.25 bits per heavy atom. The van der Waals surface area contributed by atoms with Crippen LogP contribution >= 0.6 is 0 Å². The van der Waals surface area contributed by atoms with Crippen molar-refractivity contribution in [1.29, 1.82) is 0 Å². The van der Waals surface area contributed by atoms with Crippen LogP contribution in [0.3, 0.4) is 0 Å². The van der Waals surface area contributed by atoms with Crippen molar-refractivity contribution in [2.45, 2.75) is 6.42 Å². The Bertz CT molecular complexity index is 463. The van der Waals surface area contributed by atoms with Gasteiger partial charge in [-0.3, -0.25) is 0 Å². The van der Waals surface area contributed by atoms with Gasteiger partial charge < -0.3 is 4.42 Å². The fourth-order valence-electron chi connectivity index (χ4n) is 1.71. The second-order valence-corrected chi connectivity index (χ2v) is 3.12. The Morgan fingerprint density at radius 2 is 2.25 bits per heavy atom. The molecular weight excluding hydrogens is 148 g/mol. The highest BCUT2D eigenvalue weighted by molar-refractivity contribution is 5.82. The monoisotopic (exact) mass is 156 g/mol. The van der Waals surface area contributed by atoms with Crippen molar-refractivity contribution in [3.63, 3.8) is 0 Å². The highest BCUT2D eigenvalue weighted by Crippen LogP contribution is 2.26. The molecule has 12 heavy (non-hydrogen) atoms. The van der Waals surface area contributed by atoms with Crippen molar-refractivity contribution in [3.05, 3.63) is 41.7 Å². The van der Waals surface area contributed by atoms with Crippen molar-refractivity contribution in [2.75, 3.05) is 0 Å². The summed E-state index contributed by atoms with van der Waals surface area (Å²) >= 11 is 0. The molecule has 0 bridgehead atoms. The van der Waals surface area contributed by atoms with Crippen LogP contribution in [0.4, 0.5) is 0 Å². The summed E-state index contributed by atoms with van der Waals surface area (Å²) < 4.78 is 5.32. The minimum Gasteiger partial charge on any atom is -0.464 e. The molecule has 0 fully saturated rings. The molecule has 0 aliphatic heterocycles. The summed E-state index contributed by atoms with van der Waals surface area (Å²) in [6, 6.07) is 6.31. The fourth-order valence-corrected chi connectivity index (χ4v) is 1.71. The normalized spacial score (nSPS) is 14.0. The molecule has 1 nitrogen and oxygen atoms in total. The Kier molecular flexibility index (Phi) is 1.01. The molecule has 0 atom stereocenters. The zero-order valence-electron chi connectivity index (χ0n) is 6.58. The van der Waals surface area contributed by atoms with Gasteiger partial charge >= 0.3 is 0 Å². The molecule has 1 aromatic heterocycles. The lowest BCUT2D eigenvalue weighted by Gasteiger charge is -1.96. The third-order valence-electron chi connectivity index (χ3n) is 2.35. The van der Waals surface area contributed by atoms with Gasteiger partial charge in [0.1, 0.15) is 5.58 Å². The van der Waals surface area contributed by atoms with Crippen molar-refractivity contribution in [1.82, 2.24) is 0 Å². The molecule has 1 heterocycles. The number of fused-ring (bicyclic) bond motifs is 2. The SMILES string of the molecule is C1=Cc2cc3ccoc3cc2C1. The number of benzene rings is 1. The van der Waals surface area contributed by atoms with Gasteiger partial charge in [-0.25, -0.2) is 0 Å². The van der Waals surface area contributed by atoms with Gasteiger partial charge in [0.15, 0.2) is 0 Å². The summed E-state index contributed by atoms with van der Waals surface area (Å²) in [6.45, 7) is 0. The topological polar surface area (TPSA) is 13.1 Å². The first kappa shape index (κ1) is 6.06. The van der Waals surface area contributed by atoms with Crippen LogP contribution < -0.4 is 0 Å². The van der Waals surface area contributed by atoms with Crippen LogP contribution in [0.25, 0.3) is 17.0 Å². The molecule has 0 amide bonds. The standard InChI is InChI=1S/C11H8O/c1-2-8-6-10-4-5-12-11(10)7-9(8)3-1/h1-2,4-7H,3H2. The van der Waals surface area contributed by atoms with E-state index in [4.69, 9.17) is 4.42 Å². The Hall–Kier alpha value is -1.50. The molecule has 0 saturated carbocycles. The van der Waals surface area contributed by atoms with E-state index in [1.165, 1.54) is 16.5 Å². The lowest BCUT2D eigenvalue weighted by molar-refractivity contribution is 0.615. The molecular formula is C11H8O. The van der Waals surface area contributed by atoms with Crippen LogP contribution in [0, 0.1) is 0 Å². The molecule has 1 aliphatic rings. The Morgan fingerprint density at radius 1 is 1.25 bits per heavy atom. The first-order chi connectivity index (χ1) is 5.93. The molecule has 58 valence electrons. The number of hydrogen-bond acceptors (Lipinski definition) is 1. The quantitative estimate of drug-likeness (QED) is 0.571. The van der Waals surface area contributed by atoms with E-state index in [0.717, 1.165) is 12.0 Å². The molecule has 0 spiro atoms. The van der Waals surface area contributed by atoms with Crippen LogP contribution in [0.5, 0.6) is 0 Å². The van der Waals surface area contributed by atoms with Gasteiger partial charge in [0.05, 0.1) is 6.26 Å². The van der Waals surface area contributed by atoms with E-state index in [0.29, 0.717) is 0 Å². The minimum atomic E-state index is 0.998. The number of allylic oxidation sites excluding steroid dienone is 1. The van der Waals surface area contributed by atoms with E-state index in [1.54, 1.807) is 6.26 Å². The summed E-state index contributed by atoms with van der Waals surface area (Å²) in [4.78, 5) is 0. The van der Waals surface area contributed by atoms with Crippen molar-refractivity contribution in [3.8, 4) is 0 Å². The predicted octanol–water partition coefficient (Wildman–Crippen LogP) is 3.00. The molecule has 1 heteroatoms. The van der Waals surface area contributed by atoms with Crippen LogP contribution in [-0.4, -0.2) is 0 Å². The van der Waals surface area contributed by atoms with Gasteiger partial charge in [0.2, 0.25) is 0 Å². The van der Waals surface area contributed by atoms with Gasteiger partial charge in [-0.2, -0.15) is 0 Å². The second-order valence-electron chi connectivity index (χ2n) is 3.12. The summed E-state index contributed by atoms with van der Waals surface area (Å²) in [5.74, 6) is 0. The lowest BCUT2D eigenvalue weighted by Crippen LogP contribution is -1.79. The van der Waals surface area contributed by atoms with Gasteiger partial charge in [0, 0.05) is 5.39 Å². The highest BCUT2D eigenvalue weighted by atomic mass is 16.3. The maximum atomic E-state index is 5.32. The zero-order valence-corrected chi connectivity index (χ0v) is 6.58. The molecule has 0 saturated heterocycles. The Balaban J connectivity index is 2.43. The molecule has 3 rings (SSSR count). The third kappa shape index (κ3) is 0.681. The van der Waals surface area contributed by atoms with Crippen molar-refractivity contribution < 1.29 is 4.42 Å². The number of hydrogen-bond donors (Lipinski definition) is 0. The fraction of sp³-hybridized carbons (Fsp3) is 0.0909. The zero-order chi connectivity index (χ0) is 7.97. The van der Waals surface area contributed by atoms with Crippen LogP contribution in [-0.2, 0) is 6.42 Å². The van der Waals surface area contributed by atoms with E-state index in [1.807, 2.05) is 6.07 Å². The predicted molar refractivity (Wildman–Crippen MR) is 49.0 cm³/mol. The first-order valence-electron chi connectivity index (χ1n) is 4.10. The minimum absolute atomic E-state index is 0.998. The average molecular weight is 156 g/mol. The molecule has 2 aromatic rings. The van der Waals surface area contributed by atoms with Crippen molar-refractivity contribution >= 4 is 17.0 Å². The summed E-state index contributed by atoms with van der Waals surface area (Å²) in [5.41, 5.74) is 3.71. The maximum absolute atomic E-state index is 5.32. The summed E-state index contributed by atoms with van der Waals surface area (Å²) in [7, 11) is 0. The van der Waals surface area contributed by atoms with Crippen molar-refractivity contribution in [2.24, 2.45) is 0 Å². The summed E-state index contributed by atoms with van der Waals surface area (Å²) in [5, 5.41) is 1.19. The van der Waals surface area contributed by atoms with Gasteiger partial charge in [-0.15, -0.1) is 0 Å². The van der Waals surface area contributed by atoms with Gasteiger partial charge in [-0.05, 0) is 35.7 Å². The van der Waals surface area contributed by atoms with E-state index >= 15 is 0 Å². The van der Waals surface area contributed by atoms with E-state index < -0.39 is 0 Å². The Labute approximate surface area is 70.3 Å². The molecule has 0 radical (unpaired) electrons. The van der Waals surface area contributed by atoms with E-state index in [-0.39, 0.29) is 0 Å². The van der Waals surface area contributed by atoms with E-state index in [9.17, 15) is 0 Å². The van der Waals surface area contributed by atoms with Gasteiger partial charge in [-0.1, -0.05) is 12.2 Å². The first-order valence-corrected chi connectivity index (χ1v) is 4.10. The number of furan rings is 1. The van der Waals surface area contributed by atoms with Crippen LogP contribution in [0.15, 0.2) is 35.0 Å². The molecule has 1 aromatic carbocycles. The maximum Gasteiger partial charge on any atom is 0.134 e. The largest absolute Gasteiger partial charge is 0.464 e. The lowest BCUT2D eigenvalue weighted by atomic mass is 10.1. The smallest absolute Gasteiger partial charge is 0.134 e. The molecule has 0 N–H and O–H groups in total. The second kappa shape index (κ2) is 2.01. The van der Waals surface area contributed by atoms with Crippen LogP contribution in [0.1, 0.15) is 11.1 Å². The number of rotatable bonds is 0. The molecule has 1 aliphatic carbocycles. The molecule has 0 unspecified atom stereocenters. The average Bonchev–Trinajstić information content (AvgIpc) is 2.64. The van der Waals surface area contributed by atoms with E-state index in [2.05, 4.69) is 24.3 Å². The third-order valence-corrected chi connectivity index (χ3v) is 2.35. The summed E-state index contributed by atoms with van der Waals surface area (Å²) in [6.07, 6.45) is 7.14. The van der Waals surface area contributed by atoms with Gasteiger partial charge in [0.25, 0.3) is 0 Å². The highest BCUT2D eigenvalue weighted by Gasteiger charge is 2.07. The van der Waals surface area contributed by atoms with Crippen LogP contribution in [0.2, 0.25) is 0 Å².